The molecule has 90 valence electrons. The molecule has 5 nitrogen and oxygen atoms in total. The summed E-state index contributed by atoms with van der Waals surface area (Å²) in [5.41, 5.74) is 0.272. The number of carbonyl (C=O) groups is 2. The molecule has 1 aliphatic heterocycles. The molecule has 1 N–H and O–H groups in total. The van der Waals surface area contributed by atoms with Crippen molar-refractivity contribution in [1.82, 2.24) is 0 Å². The Morgan fingerprint density at radius 3 is 2.94 bits per heavy atom. The van der Waals surface area contributed by atoms with Crippen LogP contribution in [-0.2, 0) is 4.79 Å². The first-order valence-electron chi connectivity index (χ1n) is 5.21. The van der Waals surface area contributed by atoms with Gasteiger partial charge in [0.05, 0.1) is 19.3 Å². The molecule has 0 aromatic heterocycles. The van der Waals surface area contributed by atoms with E-state index in [9.17, 15) is 9.59 Å². The number of benzene rings is 1. The summed E-state index contributed by atoms with van der Waals surface area (Å²) in [7, 11) is 1.48. The van der Waals surface area contributed by atoms with Gasteiger partial charge < -0.3 is 14.6 Å². The van der Waals surface area contributed by atoms with E-state index in [2.05, 4.69) is 0 Å². The van der Waals surface area contributed by atoms with Crippen molar-refractivity contribution >= 4 is 11.8 Å². The third-order valence-electron chi connectivity index (χ3n) is 2.73. The molecule has 1 aromatic rings. The van der Waals surface area contributed by atoms with Crippen LogP contribution in [0.25, 0.3) is 0 Å². The van der Waals surface area contributed by atoms with Gasteiger partial charge in [-0.05, 0) is 18.2 Å². The Hall–Kier alpha value is -2.04. The second kappa shape index (κ2) is 4.45. The number of ketones is 1. The van der Waals surface area contributed by atoms with Crippen molar-refractivity contribution in [2.24, 2.45) is 5.92 Å². The molecule has 1 unspecified atom stereocenters. The summed E-state index contributed by atoms with van der Waals surface area (Å²) in [6.07, 6.45) is 0.186. The van der Waals surface area contributed by atoms with Gasteiger partial charge in [-0.2, -0.15) is 0 Å². The third-order valence-corrected chi connectivity index (χ3v) is 2.73. The predicted molar refractivity (Wildman–Crippen MR) is 58.6 cm³/mol. The Morgan fingerprint density at radius 1 is 1.53 bits per heavy atom. The fraction of sp³-hybridized carbons (Fsp3) is 0.333. The number of aliphatic carboxylic acids is 1. The number of hydrogen-bond acceptors (Lipinski definition) is 4. The summed E-state index contributed by atoms with van der Waals surface area (Å²) < 4.78 is 10.4. The molecule has 0 amide bonds. The van der Waals surface area contributed by atoms with Crippen LogP contribution < -0.4 is 9.47 Å². The fourth-order valence-electron chi connectivity index (χ4n) is 1.80. The highest BCUT2D eigenvalue weighted by Gasteiger charge is 2.32. The number of fused-ring (bicyclic) bond motifs is 1. The van der Waals surface area contributed by atoms with Gasteiger partial charge in [-0.3, -0.25) is 9.59 Å². The molecular weight excluding hydrogens is 224 g/mol. The lowest BCUT2D eigenvalue weighted by molar-refractivity contribution is -0.140. The summed E-state index contributed by atoms with van der Waals surface area (Å²) in [5, 5.41) is 8.98. The fourth-order valence-corrected chi connectivity index (χ4v) is 1.80. The lowest BCUT2D eigenvalue weighted by Gasteiger charge is -2.08. The summed E-state index contributed by atoms with van der Waals surface area (Å²) >= 11 is 0. The maximum absolute atomic E-state index is 12.0. The maximum atomic E-state index is 12.0. The minimum atomic E-state index is -1.12. The van der Waals surface area contributed by atoms with E-state index in [1.807, 2.05) is 0 Å². The molecule has 0 saturated heterocycles. The van der Waals surface area contributed by atoms with Crippen molar-refractivity contribution in [1.29, 1.82) is 0 Å². The lowest BCUT2D eigenvalue weighted by atomic mass is 9.95. The zero-order chi connectivity index (χ0) is 12.4. The smallest absolute Gasteiger partial charge is 0.314 e. The predicted octanol–water partition coefficient (Wildman–Crippen LogP) is 1.36. The van der Waals surface area contributed by atoms with Crippen molar-refractivity contribution in [2.75, 3.05) is 13.7 Å². The van der Waals surface area contributed by atoms with Crippen LogP contribution in [0.2, 0.25) is 0 Å². The third kappa shape index (κ3) is 2.08. The molecule has 2 rings (SSSR count). The normalized spacial score (nSPS) is 18.9. The highest BCUT2D eigenvalue weighted by atomic mass is 16.5. The summed E-state index contributed by atoms with van der Waals surface area (Å²) in [6.45, 7) is 0.224. The molecule has 1 heterocycles. The Labute approximate surface area is 98.0 Å². The molecule has 1 atom stereocenters. The number of ether oxygens (including phenoxy) is 2. The second-order valence-electron chi connectivity index (χ2n) is 3.75. The van der Waals surface area contributed by atoms with Gasteiger partial charge in [-0.1, -0.05) is 0 Å². The first-order chi connectivity index (χ1) is 8.13. The summed E-state index contributed by atoms with van der Waals surface area (Å²) in [5.74, 6) is -1.66. The van der Waals surface area contributed by atoms with E-state index in [0.29, 0.717) is 11.5 Å². The molecular formula is C12H12O5. The molecule has 1 aromatic carbocycles. The highest BCUT2D eigenvalue weighted by Crippen LogP contribution is 2.30. The maximum Gasteiger partial charge on any atom is 0.314 e. The first kappa shape index (κ1) is 11.4. The Kier molecular flexibility index (Phi) is 2.99. The van der Waals surface area contributed by atoms with E-state index in [0.717, 1.165) is 0 Å². The highest BCUT2D eigenvalue weighted by molar-refractivity contribution is 6.10. The van der Waals surface area contributed by atoms with E-state index in [-0.39, 0.29) is 18.6 Å². The average Bonchev–Trinajstić information content (AvgIpc) is 2.48. The topological polar surface area (TPSA) is 72.8 Å². The van der Waals surface area contributed by atoms with Crippen LogP contribution in [-0.4, -0.2) is 30.6 Å². The Morgan fingerprint density at radius 2 is 2.29 bits per heavy atom. The first-order valence-corrected chi connectivity index (χ1v) is 5.21. The van der Waals surface area contributed by atoms with Crippen LogP contribution in [0.5, 0.6) is 11.5 Å². The van der Waals surface area contributed by atoms with Gasteiger partial charge in [0, 0.05) is 6.42 Å². The van der Waals surface area contributed by atoms with Gasteiger partial charge in [0.15, 0.2) is 5.78 Å². The molecule has 0 saturated carbocycles. The van der Waals surface area contributed by atoms with Crippen LogP contribution >= 0.6 is 0 Å². The van der Waals surface area contributed by atoms with Crippen LogP contribution in [0.4, 0.5) is 0 Å². The van der Waals surface area contributed by atoms with E-state index in [4.69, 9.17) is 14.6 Å². The van der Waals surface area contributed by atoms with Crippen LogP contribution in [0.15, 0.2) is 18.2 Å². The number of methoxy groups -OCH3 is 1. The van der Waals surface area contributed by atoms with Gasteiger partial charge in [0.25, 0.3) is 0 Å². The van der Waals surface area contributed by atoms with E-state index in [1.54, 1.807) is 12.1 Å². The monoisotopic (exact) mass is 236 g/mol. The number of carboxylic acids is 1. The standard InChI is InChI=1S/C12H12O5/c1-16-7-2-3-10-9(6-7)11(13)8(12(14)15)4-5-17-10/h2-3,6,8H,4-5H2,1H3,(H,14,15). The van der Waals surface area contributed by atoms with Crippen LogP contribution in [0, 0.1) is 5.92 Å². The largest absolute Gasteiger partial charge is 0.497 e. The van der Waals surface area contributed by atoms with Crippen molar-refractivity contribution in [3.63, 3.8) is 0 Å². The van der Waals surface area contributed by atoms with Gasteiger partial charge in [0.2, 0.25) is 0 Å². The van der Waals surface area contributed by atoms with Crippen LogP contribution in [0.1, 0.15) is 16.8 Å². The molecule has 0 aliphatic carbocycles. The number of carboxylic acid groups (broad SMARTS) is 1. The van der Waals surface area contributed by atoms with Gasteiger partial charge >= 0.3 is 5.97 Å². The van der Waals surface area contributed by atoms with Gasteiger partial charge in [0.1, 0.15) is 17.4 Å². The van der Waals surface area contributed by atoms with E-state index >= 15 is 0 Å². The van der Waals surface area contributed by atoms with Gasteiger partial charge in [-0.15, -0.1) is 0 Å². The molecule has 17 heavy (non-hydrogen) atoms. The molecule has 1 aliphatic rings. The number of Topliss-reactive ketones (excluding diaryl/α,β-unsaturated/α-hetero) is 1. The van der Waals surface area contributed by atoms with Crippen molar-refractivity contribution in [3.8, 4) is 11.5 Å². The molecule has 0 radical (unpaired) electrons. The number of hydrogen-bond donors (Lipinski definition) is 1. The van der Waals surface area contributed by atoms with Crippen LogP contribution in [0.3, 0.4) is 0 Å². The minimum Gasteiger partial charge on any atom is -0.497 e. The molecule has 5 heteroatoms. The zero-order valence-electron chi connectivity index (χ0n) is 9.30. The molecule has 0 fully saturated rings. The van der Waals surface area contributed by atoms with Crippen molar-refractivity contribution < 1.29 is 24.2 Å². The Balaban J connectivity index is 2.45. The van der Waals surface area contributed by atoms with E-state index in [1.165, 1.54) is 13.2 Å². The SMILES string of the molecule is COc1ccc2c(c1)C(=O)C(C(=O)O)CCO2. The van der Waals surface area contributed by atoms with Crippen molar-refractivity contribution in [3.05, 3.63) is 23.8 Å². The quantitative estimate of drug-likeness (QED) is 0.785. The Bertz CT molecular complexity index is 466. The number of carbonyl (C=O) groups excluding carboxylic acids is 1. The molecule has 0 bridgehead atoms. The minimum absolute atomic E-state index is 0.186. The zero-order valence-corrected chi connectivity index (χ0v) is 9.30. The van der Waals surface area contributed by atoms with Crippen molar-refractivity contribution in [2.45, 2.75) is 6.42 Å². The molecule has 0 spiro atoms. The van der Waals surface area contributed by atoms with Gasteiger partial charge in [-0.25, -0.2) is 0 Å². The summed E-state index contributed by atoms with van der Waals surface area (Å²) in [6, 6.07) is 4.81. The second-order valence-corrected chi connectivity index (χ2v) is 3.75. The number of rotatable bonds is 2. The summed E-state index contributed by atoms with van der Waals surface area (Å²) in [4.78, 5) is 23.0. The average molecular weight is 236 g/mol. The van der Waals surface area contributed by atoms with E-state index < -0.39 is 17.7 Å². The lowest BCUT2D eigenvalue weighted by Crippen LogP contribution is -2.23.